The molecule has 0 fully saturated rings. The van der Waals surface area contributed by atoms with Gasteiger partial charge in [-0.15, -0.1) is 22.7 Å². The minimum atomic E-state index is 0.417. The maximum Gasteiger partial charge on any atom is 0.0456 e. The van der Waals surface area contributed by atoms with Gasteiger partial charge in [0.15, 0.2) is 0 Å². The molecule has 1 aromatic carbocycles. The summed E-state index contributed by atoms with van der Waals surface area (Å²) >= 11 is 3.77. The Morgan fingerprint density at radius 3 is 2.48 bits per heavy atom. The van der Waals surface area contributed by atoms with Crippen LogP contribution in [-0.4, -0.2) is 6.54 Å². The van der Waals surface area contributed by atoms with Crippen LogP contribution < -0.4 is 5.32 Å². The van der Waals surface area contributed by atoms with Crippen LogP contribution in [0.3, 0.4) is 0 Å². The normalized spacial score (nSPS) is 12.9. The molecule has 0 saturated heterocycles. The highest BCUT2D eigenvalue weighted by atomic mass is 32.1. The van der Waals surface area contributed by atoms with E-state index < -0.39 is 0 Å². The van der Waals surface area contributed by atoms with Gasteiger partial charge >= 0.3 is 0 Å². The van der Waals surface area contributed by atoms with Gasteiger partial charge in [0.1, 0.15) is 0 Å². The van der Waals surface area contributed by atoms with Gasteiger partial charge in [0.05, 0.1) is 0 Å². The van der Waals surface area contributed by atoms with E-state index >= 15 is 0 Å². The summed E-state index contributed by atoms with van der Waals surface area (Å²) in [6.07, 6.45) is 1.06. The van der Waals surface area contributed by atoms with Crippen molar-refractivity contribution in [2.75, 3.05) is 6.54 Å². The van der Waals surface area contributed by atoms with Crippen molar-refractivity contribution >= 4 is 32.1 Å². The molecule has 0 saturated carbocycles. The zero-order valence-electron chi connectivity index (χ0n) is 12.8. The molecule has 2 aromatic heterocycles. The third kappa shape index (κ3) is 3.37. The fourth-order valence-electron chi connectivity index (χ4n) is 2.90. The Balaban J connectivity index is 1.88. The molecule has 0 aliphatic heterocycles. The quantitative estimate of drug-likeness (QED) is 0.658. The van der Waals surface area contributed by atoms with E-state index in [2.05, 4.69) is 61.8 Å². The van der Waals surface area contributed by atoms with Gasteiger partial charge < -0.3 is 5.32 Å². The lowest BCUT2D eigenvalue weighted by atomic mass is 10.0. The highest BCUT2D eigenvalue weighted by Gasteiger charge is 2.15. The topological polar surface area (TPSA) is 12.0 Å². The summed E-state index contributed by atoms with van der Waals surface area (Å²) in [6.45, 7) is 7.55. The first-order valence-corrected chi connectivity index (χ1v) is 9.13. The molecule has 110 valence electrons. The molecule has 0 radical (unpaired) electrons. The van der Waals surface area contributed by atoms with Crippen LogP contribution in [-0.2, 0) is 6.42 Å². The Kier molecular flexibility index (Phi) is 4.43. The monoisotopic (exact) mass is 315 g/mol. The molecule has 0 amide bonds. The maximum absolute atomic E-state index is 3.65. The molecule has 0 aliphatic rings. The van der Waals surface area contributed by atoms with E-state index in [0.29, 0.717) is 6.04 Å². The van der Waals surface area contributed by atoms with Crippen LogP contribution in [0.1, 0.15) is 34.5 Å². The molecule has 3 heteroatoms. The predicted octanol–water partition coefficient (Wildman–Crippen LogP) is 5.47. The Bertz CT molecular complexity index is 690. The van der Waals surface area contributed by atoms with Gasteiger partial charge in [0.2, 0.25) is 0 Å². The minimum Gasteiger partial charge on any atom is -0.309 e. The molecule has 1 nitrogen and oxygen atoms in total. The average molecular weight is 316 g/mol. The van der Waals surface area contributed by atoms with Gasteiger partial charge in [-0.25, -0.2) is 0 Å². The lowest BCUT2D eigenvalue weighted by Gasteiger charge is -2.17. The number of benzene rings is 1. The summed E-state index contributed by atoms with van der Waals surface area (Å²) in [5.41, 5.74) is 4.13. The first kappa shape index (κ1) is 14.8. The largest absolute Gasteiger partial charge is 0.309 e. The highest BCUT2D eigenvalue weighted by molar-refractivity contribution is 7.26. The second kappa shape index (κ2) is 6.30. The molecular weight excluding hydrogens is 294 g/mol. The third-order valence-electron chi connectivity index (χ3n) is 3.67. The predicted molar refractivity (Wildman–Crippen MR) is 95.7 cm³/mol. The maximum atomic E-state index is 3.65. The van der Waals surface area contributed by atoms with Crippen LogP contribution in [0.4, 0.5) is 0 Å². The third-order valence-corrected chi connectivity index (χ3v) is 5.88. The lowest BCUT2D eigenvalue weighted by molar-refractivity contribution is 0.558. The van der Waals surface area contributed by atoms with Crippen LogP contribution in [0.2, 0.25) is 0 Å². The number of hydrogen-bond donors (Lipinski definition) is 1. The second-order valence-corrected chi connectivity index (χ2v) is 7.67. The summed E-state index contributed by atoms with van der Waals surface area (Å²) in [5, 5.41) is 5.83. The van der Waals surface area contributed by atoms with Crippen LogP contribution in [0.15, 0.2) is 35.7 Å². The van der Waals surface area contributed by atoms with E-state index in [0.717, 1.165) is 13.0 Å². The molecule has 1 unspecified atom stereocenters. The summed E-state index contributed by atoms with van der Waals surface area (Å²) in [6, 6.07) is 11.9. The number of nitrogens with one attached hydrogen (secondary N) is 1. The van der Waals surface area contributed by atoms with E-state index in [-0.39, 0.29) is 0 Å². The van der Waals surface area contributed by atoms with Crippen molar-refractivity contribution in [2.45, 2.75) is 33.2 Å². The second-order valence-electron chi connectivity index (χ2n) is 5.61. The number of likely N-dealkylation sites (N-methyl/N-ethyl adjacent to an activating group) is 1. The van der Waals surface area contributed by atoms with Gasteiger partial charge in [-0.2, -0.15) is 0 Å². The van der Waals surface area contributed by atoms with Crippen molar-refractivity contribution in [3.05, 3.63) is 57.3 Å². The van der Waals surface area contributed by atoms with Crippen LogP contribution in [0.25, 0.3) is 9.40 Å². The van der Waals surface area contributed by atoms with Gasteiger partial charge in [0, 0.05) is 20.3 Å². The molecule has 1 N–H and O–H groups in total. The first-order chi connectivity index (χ1) is 10.2. The van der Waals surface area contributed by atoms with E-state index in [4.69, 9.17) is 0 Å². The Morgan fingerprint density at radius 2 is 1.81 bits per heavy atom. The Hall–Kier alpha value is -1.16. The van der Waals surface area contributed by atoms with E-state index in [1.54, 1.807) is 0 Å². The number of hydrogen-bond acceptors (Lipinski definition) is 3. The average Bonchev–Trinajstić information content (AvgIpc) is 2.97. The molecule has 3 rings (SSSR count). The number of fused-ring (bicyclic) bond motifs is 1. The summed E-state index contributed by atoms with van der Waals surface area (Å²) in [7, 11) is 0. The van der Waals surface area contributed by atoms with Crippen LogP contribution in [0, 0.1) is 13.8 Å². The van der Waals surface area contributed by atoms with E-state index in [9.17, 15) is 0 Å². The van der Waals surface area contributed by atoms with Gasteiger partial charge in [-0.05, 0) is 49.9 Å². The van der Waals surface area contributed by atoms with Crippen LogP contribution >= 0.6 is 22.7 Å². The molecule has 3 aromatic rings. The van der Waals surface area contributed by atoms with Gasteiger partial charge in [0.25, 0.3) is 0 Å². The van der Waals surface area contributed by atoms with Crippen molar-refractivity contribution in [1.82, 2.24) is 5.32 Å². The highest BCUT2D eigenvalue weighted by Crippen LogP contribution is 2.34. The van der Waals surface area contributed by atoms with Crippen molar-refractivity contribution in [1.29, 1.82) is 0 Å². The summed E-state index contributed by atoms with van der Waals surface area (Å²) in [5.74, 6) is 0. The minimum absolute atomic E-state index is 0.417. The number of aryl methyl sites for hydroxylation is 2. The fourth-order valence-corrected chi connectivity index (χ4v) is 5.09. The molecule has 1 atom stereocenters. The van der Waals surface area contributed by atoms with Crippen molar-refractivity contribution in [2.24, 2.45) is 0 Å². The van der Waals surface area contributed by atoms with Crippen LogP contribution in [0.5, 0.6) is 0 Å². The van der Waals surface area contributed by atoms with Crippen molar-refractivity contribution < 1.29 is 0 Å². The standard InChI is InChI=1S/C18H21NS2/c1-4-19-15(10-14-8-12(2)7-13(3)9-14)17-11-18-16(21-17)5-6-20-18/h5-9,11,15,19H,4,10H2,1-3H3. The summed E-state index contributed by atoms with van der Waals surface area (Å²) < 4.78 is 2.83. The zero-order chi connectivity index (χ0) is 14.8. The molecule has 2 heterocycles. The smallest absolute Gasteiger partial charge is 0.0456 e. The number of thiophene rings is 2. The first-order valence-electron chi connectivity index (χ1n) is 7.43. The molecule has 0 spiro atoms. The fraction of sp³-hybridized carbons (Fsp3) is 0.333. The summed E-state index contributed by atoms with van der Waals surface area (Å²) in [4.78, 5) is 1.46. The zero-order valence-corrected chi connectivity index (χ0v) is 14.4. The molecule has 0 bridgehead atoms. The SMILES string of the molecule is CCNC(Cc1cc(C)cc(C)c1)c1cc2sccc2s1. The van der Waals surface area contributed by atoms with Crippen molar-refractivity contribution in [3.63, 3.8) is 0 Å². The van der Waals surface area contributed by atoms with Crippen molar-refractivity contribution in [3.8, 4) is 0 Å². The Labute approximate surface area is 134 Å². The lowest BCUT2D eigenvalue weighted by Crippen LogP contribution is -2.22. The molecular formula is C18H21NS2. The Morgan fingerprint density at radius 1 is 1.05 bits per heavy atom. The van der Waals surface area contributed by atoms with Gasteiger partial charge in [-0.1, -0.05) is 36.2 Å². The molecule has 21 heavy (non-hydrogen) atoms. The van der Waals surface area contributed by atoms with E-state index in [1.807, 2.05) is 22.7 Å². The van der Waals surface area contributed by atoms with E-state index in [1.165, 1.54) is 31.0 Å². The molecule has 0 aliphatic carbocycles. The van der Waals surface area contributed by atoms with Gasteiger partial charge in [-0.3, -0.25) is 0 Å². The number of rotatable bonds is 5.